The number of methoxy groups -OCH3 is 1. The summed E-state index contributed by atoms with van der Waals surface area (Å²) in [5.74, 6) is -0.0348. The van der Waals surface area contributed by atoms with Gasteiger partial charge in [0.1, 0.15) is 12.3 Å². The molecule has 0 radical (unpaired) electrons. The lowest BCUT2D eigenvalue weighted by Gasteiger charge is -2.19. The predicted octanol–water partition coefficient (Wildman–Crippen LogP) is 3.02. The van der Waals surface area contributed by atoms with Crippen LogP contribution >= 0.6 is 15.9 Å². The predicted molar refractivity (Wildman–Crippen MR) is 97.6 cm³/mol. The average molecular weight is 405 g/mol. The monoisotopic (exact) mass is 404 g/mol. The van der Waals surface area contributed by atoms with E-state index in [1.165, 1.54) is 4.57 Å². The van der Waals surface area contributed by atoms with E-state index in [2.05, 4.69) is 15.9 Å². The van der Waals surface area contributed by atoms with Crippen molar-refractivity contribution in [3.8, 4) is 5.75 Å². The minimum Gasteiger partial charge on any atom is -0.496 e. The van der Waals surface area contributed by atoms with Crippen LogP contribution in [-0.2, 0) is 17.9 Å². The maximum atomic E-state index is 12.6. The van der Waals surface area contributed by atoms with Crippen molar-refractivity contribution in [2.45, 2.75) is 13.1 Å². The van der Waals surface area contributed by atoms with E-state index in [1.807, 2.05) is 18.2 Å². The van der Waals surface area contributed by atoms with Crippen molar-refractivity contribution in [3.05, 3.63) is 63.1 Å². The molecule has 0 aliphatic heterocycles. The van der Waals surface area contributed by atoms with Crippen molar-refractivity contribution in [1.29, 1.82) is 0 Å². The molecule has 1 amide bonds. The van der Waals surface area contributed by atoms with Gasteiger partial charge < -0.3 is 14.1 Å². The summed E-state index contributed by atoms with van der Waals surface area (Å²) in [7, 11) is 3.28. The van der Waals surface area contributed by atoms with Crippen LogP contribution in [0.25, 0.3) is 11.1 Å². The molecule has 0 atom stereocenters. The summed E-state index contributed by atoms with van der Waals surface area (Å²) in [5, 5.41) is 0. The van der Waals surface area contributed by atoms with Crippen LogP contribution in [0.4, 0.5) is 0 Å². The molecule has 1 aromatic heterocycles. The number of ether oxygens (including phenoxy) is 1. The van der Waals surface area contributed by atoms with Gasteiger partial charge in [0.25, 0.3) is 0 Å². The van der Waals surface area contributed by atoms with Crippen molar-refractivity contribution < 1.29 is 13.9 Å². The topological polar surface area (TPSA) is 64.7 Å². The number of aromatic nitrogens is 1. The summed E-state index contributed by atoms with van der Waals surface area (Å²) in [6.07, 6.45) is 0. The number of likely N-dealkylation sites (N-methyl/N-ethyl adjacent to an activating group) is 1. The van der Waals surface area contributed by atoms with E-state index in [1.54, 1.807) is 43.3 Å². The second-order valence-electron chi connectivity index (χ2n) is 5.63. The van der Waals surface area contributed by atoms with Crippen LogP contribution in [0.3, 0.4) is 0 Å². The van der Waals surface area contributed by atoms with Gasteiger partial charge in [-0.2, -0.15) is 0 Å². The standard InChI is InChI=1S/C18H17BrN2O4/c1-20(10-12-9-13(19)7-8-15(12)24-2)17(22)11-21-14-5-3-4-6-16(14)25-18(21)23/h3-9H,10-11H2,1-2H3. The molecule has 0 saturated heterocycles. The molecule has 0 spiro atoms. The van der Waals surface area contributed by atoms with Crippen LogP contribution in [0.1, 0.15) is 5.56 Å². The van der Waals surface area contributed by atoms with Gasteiger partial charge >= 0.3 is 5.76 Å². The Hall–Kier alpha value is -2.54. The summed E-state index contributed by atoms with van der Waals surface area (Å²) in [5.41, 5.74) is 1.95. The highest BCUT2D eigenvalue weighted by Crippen LogP contribution is 2.24. The number of amides is 1. The Morgan fingerprint density at radius 2 is 2.04 bits per heavy atom. The lowest BCUT2D eigenvalue weighted by Crippen LogP contribution is -2.32. The molecule has 3 rings (SSSR count). The quantitative estimate of drug-likeness (QED) is 0.655. The Kier molecular flexibility index (Phi) is 4.94. The molecule has 0 saturated carbocycles. The van der Waals surface area contributed by atoms with Crippen molar-refractivity contribution in [3.63, 3.8) is 0 Å². The third-order valence-corrected chi connectivity index (χ3v) is 4.44. The normalized spacial score (nSPS) is 10.8. The zero-order valence-corrected chi connectivity index (χ0v) is 15.4. The van der Waals surface area contributed by atoms with E-state index in [0.29, 0.717) is 23.4 Å². The van der Waals surface area contributed by atoms with Crippen molar-refractivity contribution >= 4 is 32.9 Å². The number of nitrogens with zero attached hydrogens (tertiary/aromatic N) is 2. The Bertz CT molecular complexity index is 977. The Morgan fingerprint density at radius 1 is 1.28 bits per heavy atom. The van der Waals surface area contributed by atoms with Crippen LogP contribution in [-0.4, -0.2) is 29.5 Å². The molecule has 130 valence electrons. The maximum Gasteiger partial charge on any atom is 0.420 e. The number of carbonyl (C=O) groups excluding carboxylic acids is 1. The lowest BCUT2D eigenvalue weighted by molar-refractivity contribution is -0.131. The number of para-hydroxylation sites is 2. The fourth-order valence-corrected chi connectivity index (χ4v) is 3.04. The molecule has 3 aromatic rings. The van der Waals surface area contributed by atoms with Gasteiger partial charge in [-0.15, -0.1) is 0 Å². The highest BCUT2D eigenvalue weighted by Gasteiger charge is 2.17. The lowest BCUT2D eigenvalue weighted by atomic mass is 10.2. The number of carbonyl (C=O) groups is 1. The molecule has 25 heavy (non-hydrogen) atoms. The number of fused-ring (bicyclic) bond motifs is 1. The number of oxazole rings is 1. The molecule has 0 aliphatic rings. The van der Waals surface area contributed by atoms with Crippen LogP contribution in [0.2, 0.25) is 0 Å². The van der Waals surface area contributed by atoms with Gasteiger partial charge in [-0.05, 0) is 30.3 Å². The summed E-state index contributed by atoms with van der Waals surface area (Å²) in [6.45, 7) is 0.286. The van der Waals surface area contributed by atoms with Crippen LogP contribution in [0.15, 0.2) is 56.1 Å². The van der Waals surface area contributed by atoms with Crippen molar-refractivity contribution in [2.75, 3.05) is 14.2 Å². The van der Waals surface area contributed by atoms with Crippen LogP contribution in [0, 0.1) is 0 Å². The first-order chi connectivity index (χ1) is 12.0. The third kappa shape index (κ3) is 3.61. The minimum absolute atomic E-state index is 0.0807. The van der Waals surface area contributed by atoms with E-state index < -0.39 is 5.76 Å². The fraction of sp³-hybridized carbons (Fsp3) is 0.222. The van der Waals surface area contributed by atoms with Gasteiger partial charge in [-0.3, -0.25) is 9.36 Å². The van der Waals surface area contributed by atoms with Gasteiger partial charge in [-0.1, -0.05) is 28.1 Å². The molecule has 1 heterocycles. The van der Waals surface area contributed by atoms with Gasteiger partial charge in [0.2, 0.25) is 5.91 Å². The fourth-order valence-electron chi connectivity index (χ4n) is 2.63. The van der Waals surface area contributed by atoms with Crippen LogP contribution < -0.4 is 10.5 Å². The smallest absolute Gasteiger partial charge is 0.420 e. The second-order valence-corrected chi connectivity index (χ2v) is 6.54. The molecule has 6 nitrogen and oxygen atoms in total. The van der Waals surface area contributed by atoms with E-state index in [0.717, 1.165) is 10.0 Å². The Balaban J connectivity index is 1.80. The summed E-state index contributed by atoms with van der Waals surface area (Å²) in [6, 6.07) is 12.7. The Labute approximate surface area is 152 Å². The van der Waals surface area contributed by atoms with E-state index in [4.69, 9.17) is 9.15 Å². The highest BCUT2D eigenvalue weighted by atomic mass is 79.9. The summed E-state index contributed by atoms with van der Waals surface area (Å²) < 4.78 is 12.7. The van der Waals surface area contributed by atoms with E-state index in [9.17, 15) is 9.59 Å². The molecule has 7 heteroatoms. The van der Waals surface area contributed by atoms with Crippen LogP contribution in [0.5, 0.6) is 5.75 Å². The molecular weight excluding hydrogens is 388 g/mol. The van der Waals surface area contributed by atoms with Gasteiger partial charge in [0.15, 0.2) is 5.58 Å². The number of hydrogen-bond acceptors (Lipinski definition) is 4. The molecule has 0 N–H and O–H groups in total. The summed E-state index contributed by atoms with van der Waals surface area (Å²) in [4.78, 5) is 26.1. The average Bonchev–Trinajstić information content (AvgIpc) is 2.91. The zero-order chi connectivity index (χ0) is 18.0. The summed E-state index contributed by atoms with van der Waals surface area (Å²) >= 11 is 3.42. The molecule has 0 bridgehead atoms. The molecule has 0 fully saturated rings. The largest absolute Gasteiger partial charge is 0.496 e. The first kappa shape index (κ1) is 17.3. The van der Waals surface area contributed by atoms with Crippen molar-refractivity contribution in [2.24, 2.45) is 0 Å². The molecule has 2 aromatic carbocycles. The molecule has 0 aliphatic carbocycles. The highest BCUT2D eigenvalue weighted by molar-refractivity contribution is 9.10. The SMILES string of the molecule is COc1ccc(Br)cc1CN(C)C(=O)Cn1c(=O)oc2ccccc21. The van der Waals surface area contributed by atoms with Gasteiger partial charge in [0.05, 0.1) is 12.6 Å². The number of hydrogen-bond donors (Lipinski definition) is 0. The van der Waals surface area contributed by atoms with E-state index >= 15 is 0 Å². The maximum absolute atomic E-state index is 12.6. The molecule has 0 unspecified atom stereocenters. The van der Waals surface area contributed by atoms with Gasteiger partial charge in [-0.25, -0.2) is 4.79 Å². The van der Waals surface area contributed by atoms with E-state index in [-0.39, 0.29) is 12.5 Å². The van der Waals surface area contributed by atoms with Crippen molar-refractivity contribution in [1.82, 2.24) is 9.47 Å². The third-order valence-electron chi connectivity index (χ3n) is 3.94. The number of rotatable bonds is 5. The Morgan fingerprint density at radius 3 is 2.80 bits per heavy atom. The molecular formula is C18H17BrN2O4. The second kappa shape index (κ2) is 7.14. The van der Waals surface area contributed by atoms with Gasteiger partial charge in [0, 0.05) is 23.6 Å². The first-order valence-electron chi connectivity index (χ1n) is 7.64. The zero-order valence-electron chi connectivity index (χ0n) is 13.9. The number of benzene rings is 2. The minimum atomic E-state index is -0.539. The first-order valence-corrected chi connectivity index (χ1v) is 8.43. The number of halogens is 1.